The van der Waals surface area contributed by atoms with Crippen molar-refractivity contribution < 1.29 is 14.7 Å². The molecule has 15 heteroatoms. The highest BCUT2D eigenvalue weighted by Gasteiger charge is 2.23. The van der Waals surface area contributed by atoms with E-state index in [9.17, 15) is 4.79 Å². The Morgan fingerprint density at radius 3 is 2.70 bits per heavy atom. The summed E-state index contributed by atoms with van der Waals surface area (Å²) in [5, 5.41) is 8.82. The number of halogens is 1. The Morgan fingerprint density at radius 2 is 1.98 bits per heavy atom. The third-order valence-electron chi connectivity index (χ3n) is 6.32. The molecule has 40 heavy (non-hydrogen) atoms. The average molecular weight is 585 g/mol. The number of ether oxygens (including phenoxy) is 1. The largest absolute Gasteiger partial charge is 0.378 e. The van der Waals surface area contributed by atoms with E-state index in [1.807, 2.05) is 47.8 Å². The molecule has 3 aromatic heterocycles. The molecule has 4 aromatic rings. The van der Waals surface area contributed by atoms with E-state index in [-0.39, 0.29) is 5.56 Å². The van der Waals surface area contributed by atoms with Gasteiger partial charge in [-0.3, -0.25) is 10.0 Å². The quantitative estimate of drug-likeness (QED) is 0.0827. The van der Waals surface area contributed by atoms with Crippen molar-refractivity contribution in [2.45, 2.75) is 6.54 Å². The number of amides is 1. The van der Waals surface area contributed by atoms with E-state index in [1.54, 1.807) is 17.4 Å². The molecule has 1 saturated heterocycles. The molecule has 0 aliphatic carbocycles. The zero-order valence-corrected chi connectivity index (χ0v) is 23.6. The predicted molar refractivity (Wildman–Crippen MR) is 155 cm³/mol. The number of anilines is 3. The maximum atomic E-state index is 11.6. The molecule has 1 fully saturated rings. The molecule has 1 aliphatic heterocycles. The van der Waals surface area contributed by atoms with Crippen molar-refractivity contribution in [2.24, 2.45) is 7.05 Å². The first-order valence-corrected chi connectivity index (χ1v) is 14.1. The van der Waals surface area contributed by atoms with Gasteiger partial charge in [0.05, 0.1) is 25.3 Å². The van der Waals surface area contributed by atoms with Gasteiger partial charge in [0.1, 0.15) is 5.82 Å². The fourth-order valence-corrected chi connectivity index (χ4v) is 4.94. The Bertz CT molecular complexity index is 1480. The van der Waals surface area contributed by atoms with Crippen molar-refractivity contribution in [1.29, 1.82) is 0 Å². The number of carbonyl (C=O) groups excluding carboxylic acids is 1. The van der Waals surface area contributed by atoms with Gasteiger partial charge in [-0.15, -0.1) is 11.6 Å². The summed E-state index contributed by atoms with van der Waals surface area (Å²) in [4.78, 5) is 39.0. The van der Waals surface area contributed by atoms with Crippen molar-refractivity contribution in [1.82, 2.24) is 35.0 Å². The van der Waals surface area contributed by atoms with Crippen molar-refractivity contribution in [3.63, 3.8) is 0 Å². The minimum Gasteiger partial charge on any atom is -0.378 e. The van der Waals surface area contributed by atoms with E-state index in [4.69, 9.17) is 36.5 Å². The number of nitrogens with one attached hydrogen (secondary N) is 2. The number of hydrogen-bond donors (Lipinski definition) is 3. The monoisotopic (exact) mass is 584 g/mol. The third-order valence-corrected chi connectivity index (χ3v) is 7.52. The average Bonchev–Trinajstić information content (AvgIpc) is 3.31. The van der Waals surface area contributed by atoms with Crippen LogP contribution >= 0.6 is 23.5 Å². The second-order valence-electron chi connectivity index (χ2n) is 9.02. The van der Waals surface area contributed by atoms with Gasteiger partial charge in [0.2, 0.25) is 5.95 Å². The zero-order valence-electron chi connectivity index (χ0n) is 22.0. The molecular weight excluding hydrogens is 556 g/mol. The lowest BCUT2D eigenvalue weighted by molar-refractivity contribution is 0.0705. The fraction of sp³-hybridized carbons (Fsp3) is 0.360. The number of morpholine rings is 1. The zero-order chi connectivity index (χ0) is 28.1. The number of hydrogen-bond acceptors (Lipinski definition) is 12. The minimum absolute atomic E-state index is 0.150. The van der Waals surface area contributed by atoms with Gasteiger partial charge in [-0.2, -0.15) is 0 Å². The molecule has 4 heterocycles. The first-order chi connectivity index (χ1) is 19.5. The maximum absolute atomic E-state index is 11.6. The lowest BCUT2D eigenvalue weighted by Gasteiger charge is -2.28. The van der Waals surface area contributed by atoms with E-state index in [0.717, 1.165) is 28.6 Å². The van der Waals surface area contributed by atoms with Gasteiger partial charge >= 0.3 is 0 Å². The summed E-state index contributed by atoms with van der Waals surface area (Å²) >= 11 is 7.36. The number of benzene rings is 1. The second kappa shape index (κ2) is 12.6. The summed E-state index contributed by atoms with van der Waals surface area (Å²) in [6.45, 7) is 3.02. The van der Waals surface area contributed by atoms with E-state index >= 15 is 0 Å². The lowest BCUT2D eigenvalue weighted by Crippen LogP contribution is -2.37. The van der Waals surface area contributed by atoms with Crippen LogP contribution in [0.25, 0.3) is 22.6 Å². The summed E-state index contributed by atoms with van der Waals surface area (Å²) in [5.74, 6) is 3.18. The molecule has 0 radical (unpaired) electrons. The van der Waals surface area contributed by atoms with Crippen LogP contribution in [0.5, 0.6) is 0 Å². The highest BCUT2D eigenvalue weighted by molar-refractivity contribution is 8.00. The van der Waals surface area contributed by atoms with Gasteiger partial charge in [0, 0.05) is 62.5 Å². The molecule has 210 valence electrons. The molecule has 0 spiro atoms. The van der Waals surface area contributed by atoms with Gasteiger partial charge in [0.15, 0.2) is 22.8 Å². The SMILES string of the molecule is CN(Cc1nc2c(N3CCOCC3)nc(-c3cccc(NSCCCl)c3)nc2n1C)c1ncc(C(=O)NO)cn1. The van der Waals surface area contributed by atoms with Gasteiger partial charge in [-0.1, -0.05) is 24.1 Å². The molecule has 0 bridgehead atoms. The standard InChI is InChI=1S/C25H29ClN10O3S/c1-34(25-27-13-17(14-28-25)24(37)32-38)15-19-29-20-22(35(19)2)30-21(31-23(20)36-7-9-39-10-8-36)16-4-3-5-18(12-16)33-40-11-6-26/h3-5,12-14,33,38H,6-11,15H2,1-2H3,(H,32,37). The number of nitrogens with zero attached hydrogens (tertiary/aromatic N) is 8. The Kier molecular flexibility index (Phi) is 8.79. The van der Waals surface area contributed by atoms with Crippen LogP contribution in [0, 0.1) is 0 Å². The number of hydroxylamine groups is 1. The summed E-state index contributed by atoms with van der Waals surface area (Å²) in [6, 6.07) is 7.98. The van der Waals surface area contributed by atoms with Crippen LogP contribution in [0.4, 0.5) is 17.5 Å². The lowest BCUT2D eigenvalue weighted by atomic mass is 10.2. The van der Waals surface area contributed by atoms with E-state index in [1.165, 1.54) is 12.4 Å². The van der Waals surface area contributed by atoms with Gasteiger partial charge in [0.25, 0.3) is 5.91 Å². The van der Waals surface area contributed by atoms with E-state index in [0.29, 0.717) is 61.7 Å². The summed E-state index contributed by atoms with van der Waals surface area (Å²) in [7, 11) is 3.76. The van der Waals surface area contributed by atoms with Gasteiger partial charge < -0.3 is 23.8 Å². The van der Waals surface area contributed by atoms with Gasteiger partial charge in [-0.25, -0.2) is 30.4 Å². The Labute approximate surface area is 240 Å². The van der Waals surface area contributed by atoms with Crippen LogP contribution in [0.3, 0.4) is 0 Å². The van der Waals surface area contributed by atoms with Crippen molar-refractivity contribution in [2.75, 3.05) is 59.5 Å². The van der Waals surface area contributed by atoms with Crippen molar-refractivity contribution >= 4 is 58.1 Å². The summed E-state index contributed by atoms with van der Waals surface area (Å²) < 4.78 is 10.8. The fourth-order valence-electron chi connectivity index (χ4n) is 4.24. The molecule has 13 nitrogen and oxygen atoms in total. The molecule has 0 atom stereocenters. The summed E-state index contributed by atoms with van der Waals surface area (Å²) in [6.07, 6.45) is 2.70. The smallest absolute Gasteiger partial charge is 0.277 e. The van der Waals surface area contributed by atoms with Crippen LogP contribution in [-0.4, -0.2) is 85.6 Å². The van der Waals surface area contributed by atoms with Crippen LogP contribution in [0.2, 0.25) is 0 Å². The van der Waals surface area contributed by atoms with Crippen LogP contribution in [0.1, 0.15) is 16.2 Å². The maximum Gasteiger partial charge on any atom is 0.277 e. The first-order valence-electron chi connectivity index (χ1n) is 12.6. The van der Waals surface area contributed by atoms with Crippen molar-refractivity contribution in [3.05, 3.63) is 48.0 Å². The second-order valence-corrected chi connectivity index (χ2v) is 10.3. The molecule has 1 aliphatic rings. The number of aromatic nitrogens is 6. The summed E-state index contributed by atoms with van der Waals surface area (Å²) in [5.41, 5.74) is 4.97. The molecular formula is C25H29ClN10O3S. The number of imidazole rings is 1. The van der Waals surface area contributed by atoms with E-state index in [2.05, 4.69) is 19.6 Å². The number of aryl methyl sites for hydroxylation is 1. The minimum atomic E-state index is -0.676. The topological polar surface area (TPSA) is 146 Å². The molecule has 1 amide bonds. The predicted octanol–water partition coefficient (Wildman–Crippen LogP) is 2.71. The Hall–Kier alpha value is -3.72. The molecule has 5 rings (SSSR count). The Balaban J connectivity index is 1.50. The third kappa shape index (κ3) is 6.04. The highest BCUT2D eigenvalue weighted by Crippen LogP contribution is 2.30. The van der Waals surface area contributed by atoms with E-state index < -0.39 is 5.91 Å². The van der Waals surface area contributed by atoms with Crippen LogP contribution in [-0.2, 0) is 18.3 Å². The van der Waals surface area contributed by atoms with Gasteiger partial charge in [-0.05, 0) is 12.1 Å². The van der Waals surface area contributed by atoms with Crippen LogP contribution in [0.15, 0.2) is 36.7 Å². The number of alkyl halides is 1. The normalized spacial score (nSPS) is 13.4. The molecule has 3 N–H and O–H groups in total. The number of fused-ring (bicyclic) bond motifs is 1. The number of rotatable bonds is 10. The van der Waals surface area contributed by atoms with Crippen molar-refractivity contribution in [3.8, 4) is 11.4 Å². The highest BCUT2D eigenvalue weighted by atomic mass is 35.5. The molecule has 0 saturated carbocycles. The molecule has 1 aromatic carbocycles. The van der Waals surface area contributed by atoms with Crippen LogP contribution < -0.4 is 20.0 Å². The molecule has 0 unspecified atom stereocenters. The Morgan fingerprint density at radius 1 is 1.20 bits per heavy atom. The number of carbonyl (C=O) groups is 1. The first kappa shape index (κ1) is 27.8.